The van der Waals surface area contributed by atoms with Gasteiger partial charge in [0, 0.05) is 29.5 Å². The van der Waals surface area contributed by atoms with E-state index >= 15 is 0 Å². The Hall–Kier alpha value is -4.08. The summed E-state index contributed by atoms with van der Waals surface area (Å²) in [5.41, 5.74) is 2.37. The van der Waals surface area contributed by atoms with Gasteiger partial charge in [-0.2, -0.15) is 14.9 Å². The van der Waals surface area contributed by atoms with Crippen LogP contribution < -0.4 is 5.32 Å². The minimum absolute atomic E-state index is 0.0171. The average molecular weight is 436 g/mol. The van der Waals surface area contributed by atoms with Crippen LogP contribution in [0.1, 0.15) is 29.2 Å². The zero-order chi connectivity index (χ0) is 22.4. The molecule has 2 aromatic heterocycles. The number of benzene rings is 2. The van der Waals surface area contributed by atoms with Gasteiger partial charge < -0.3 is 5.32 Å². The van der Waals surface area contributed by atoms with E-state index in [4.69, 9.17) is 0 Å². The van der Waals surface area contributed by atoms with E-state index in [2.05, 4.69) is 25.6 Å². The summed E-state index contributed by atoms with van der Waals surface area (Å²) in [5, 5.41) is 15.2. The molecule has 10 heteroatoms. The van der Waals surface area contributed by atoms with Gasteiger partial charge in [0.2, 0.25) is 5.91 Å². The number of hydrogen-bond donors (Lipinski definition) is 1. The number of rotatable bonds is 3. The number of anilines is 1. The molecule has 0 radical (unpaired) electrons. The number of nitrogens with zero attached hydrogens (tertiary/aromatic N) is 5. The van der Waals surface area contributed by atoms with Gasteiger partial charge >= 0.3 is 0 Å². The third kappa shape index (κ3) is 3.39. The molecule has 0 spiro atoms. The normalized spacial score (nSPS) is 15.4. The molecule has 1 aliphatic rings. The van der Waals surface area contributed by atoms with E-state index in [9.17, 15) is 18.0 Å². The topological polar surface area (TPSA) is 85.6 Å². The molecule has 0 fully saturated rings. The second kappa shape index (κ2) is 7.56. The highest BCUT2D eigenvalue weighted by molar-refractivity contribution is 5.95. The molecule has 0 bridgehead atoms. The third-order valence-corrected chi connectivity index (χ3v) is 5.32. The number of aryl methyl sites for hydroxylation is 1. The number of fused-ring (bicyclic) bond motifs is 1. The quantitative estimate of drug-likeness (QED) is 0.526. The van der Waals surface area contributed by atoms with Crippen LogP contribution in [0.15, 0.2) is 48.7 Å². The maximum atomic E-state index is 14.5. The highest BCUT2D eigenvalue weighted by Crippen LogP contribution is 2.40. The predicted molar refractivity (Wildman–Crippen MR) is 109 cm³/mol. The zero-order valence-electron chi connectivity index (χ0n) is 16.7. The van der Waals surface area contributed by atoms with Crippen LogP contribution in [0, 0.1) is 24.4 Å². The predicted octanol–water partition coefficient (Wildman–Crippen LogP) is 3.92. The number of carbonyl (C=O) groups excluding carboxylic acids is 1. The number of hydrogen-bond acceptors (Lipinski definition) is 5. The van der Waals surface area contributed by atoms with E-state index in [-0.39, 0.29) is 29.7 Å². The molecule has 1 aliphatic heterocycles. The van der Waals surface area contributed by atoms with Crippen LogP contribution in [0.2, 0.25) is 0 Å². The van der Waals surface area contributed by atoms with Crippen molar-refractivity contribution in [3.8, 4) is 17.2 Å². The lowest BCUT2D eigenvalue weighted by Gasteiger charge is -2.24. The lowest BCUT2D eigenvalue weighted by Crippen LogP contribution is -2.25. The SMILES string of the molecule is Cc1nn(-c2nncc(-c3ccc(F)cc3)n2)c2c1[C@H](c1ccc(F)cc1F)CC(=O)N2. The Kier molecular flexibility index (Phi) is 4.69. The molecule has 3 heterocycles. The highest BCUT2D eigenvalue weighted by Gasteiger charge is 2.34. The first kappa shape index (κ1) is 19.9. The first-order valence-electron chi connectivity index (χ1n) is 9.71. The first-order valence-corrected chi connectivity index (χ1v) is 9.71. The summed E-state index contributed by atoms with van der Waals surface area (Å²) in [7, 11) is 0. The minimum Gasteiger partial charge on any atom is -0.310 e. The Bertz CT molecular complexity index is 1350. The summed E-state index contributed by atoms with van der Waals surface area (Å²) in [6.45, 7) is 1.72. The smallest absolute Gasteiger partial charge is 0.272 e. The maximum Gasteiger partial charge on any atom is 0.272 e. The van der Waals surface area contributed by atoms with E-state index in [0.29, 0.717) is 28.3 Å². The van der Waals surface area contributed by atoms with Crippen molar-refractivity contribution in [2.45, 2.75) is 19.3 Å². The van der Waals surface area contributed by atoms with Crippen molar-refractivity contribution in [1.82, 2.24) is 25.0 Å². The van der Waals surface area contributed by atoms with Gasteiger partial charge in [-0.3, -0.25) is 4.79 Å². The maximum absolute atomic E-state index is 14.5. The van der Waals surface area contributed by atoms with Crippen molar-refractivity contribution in [2.24, 2.45) is 0 Å². The standard InChI is InChI=1S/C22H15F3N6O/c1-11-20-16(15-7-6-14(24)8-17(15)25)9-19(32)28-21(20)31(30-11)22-27-18(10-26-29-22)12-2-4-13(23)5-3-12/h2-8,10,16H,9H2,1H3,(H,28,32)/t16-/m0/s1. The molecule has 7 nitrogen and oxygen atoms in total. The van der Waals surface area contributed by atoms with E-state index < -0.39 is 17.6 Å². The average Bonchev–Trinajstić information content (AvgIpc) is 3.10. The third-order valence-electron chi connectivity index (χ3n) is 5.32. The van der Waals surface area contributed by atoms with Gasteiger partial charge in [0.25, 0.3) is 5.95 Å². The Morgan fingerprint density at radius 1 is 1.06 bits per heavy atom. The minimum atomic E-state index is -0.737. The van der Waals surface area contributed by atoms with Gasteiger partial charge in [0.1, 0.15) is 23.3 Å². The Balaban J connectivity index is 1.62. The number of aromatic nitrogens is 5. The number of carbonyl (C=O) groups is 1. The molecule has 0 unspecified atom stereocenters. The van der Waals surface area contributed by atoms with Crippen LogP contribution in [0.4, 0.5) is 19.0 Å². The molecular formula is C22H15F3N6O. The van der Waals surface area contributed by atoms with Crippen molar-refractivity contribution in [2.75, 3.05) is 5.32 Å². The molecule has 160 valence electrons. The number of nitrogens with one attached hydrogen (secondary N) is 1. The van der Waals surface area contributed by atoms with Crippen molar-refractivity contribution >= 4 is 11.7 Å². The van der Waals surface area contributed by atoms with Crippen LogP contribution in [-0.4, -0.2) is 30.9 Å². The summed E-state index contributed by atoms with van der Waals surface area (Å²) in [5.74, 6) is -2.44. The van der Waals surface area contributed by atoms with Crippen molar-refractivity contribution in [3.05, 3.63) is 82.9 Å². The summed E-state index contributed by atoms with van der Waals surface area (Å²) < 4.78 is 42.5. The monoisotopic (exact) mass is 436 g/mol. The van der Waals surface area contributed by atoms with Crippen LogP contribution in [0.3, 0.4) is 0 Å². The van der Waals surface area contributed by atoms with Gasteiger partial charge in [-0.05, 0) is 42.8 Å². The molecule has 0 aliphatic carbocycles. The Morgan fingerprint density at radius 2 is 1.81 bits per heavy atom. The van der Waals surface area contributed by atoms with E-state index in [1.54, 1.807) is 19.1 Å². The number of amides is 1. The molecule has 32 heavy (non-hydrogen) atoms. The van der Waals surface area contributed by atoms with Crippen LogP contribution >= 0.6 is 0 Å². The van der Waals surface area contributed by atoms with Crippen LogP contribution in [0.5, 0.6) is 0 Å². The van der Waals surface area contributed by atoms with Crippen LogP contribution in [-0.2, 0) is 4.79 Å². The fourth-order valence-electron chi connectivity index (χ4n) is 3.89. The molecule has 1 amide bonds. The molecular weight excluding hydrogens is 421 g/mol. The molecule has 0 saturated heterocycles. The Labute approximate surface area is 179 Å². The van der Waals surface area contributed by atoms with Crippen molar-refractivity contribution in [3.63, 3.8) is 0 Å². The van der Waals surface area contributed by atoms with Gasteiger partial charge in [-0.25, -0.2) is 18.2 Å². The molecule has 1 N–H and O–H groups in total. The first-order chi connectivity index (χ1) is 15.4. The second-order valence-electron chi connectivity index (χ2n) is 7.38. The van der Waals surface area contributed by atoms with Crippen LogP contribution in [0.25, 0.3) is 17.2 Å². The molecule has 5 rings (SSSR count). The van der Waals surface area contributed by atoms with Gasteiger partial charge in [-0.15, -0.1) is 5.10 Å². The second-order valence-corrected chi connectivity index (χ2v) is 7.38. The fourth-order valence-corrected chi connectivity index (χ4v) is 3.89. The highest BCUT2D eigenvalue weighted by atomic mass is 19.1. The molecule has 1 atom stereocenters. The fraction of sp³-hybridized carbons (Fsp3) is 0.136. The van der Waals surface area contributed by atoms with Gasteiger partial charge in [0.15, 0.2) is 0 Å². The van der Waals surface area contributed by atoms with E-state index in [1.807, 2.05) is 0 Å². The van der Waals surface area contributed by atoms with E-state index in [0.717, 1.165) is 12.1 Å². The summed E-state index contributed by atoms with van der Waals surface area (Å²) in [4.78, 5) is 16.9. The molecule has 4 aromatic rings. The van der Waals surface area contributed by atoms with Crippen molar-refractivity contribution in [1.29, 1.82) is 0 Å². The largest absolute Gasteiger partial charge is 0.310 e. The number of halogens is 3. The summed E-state index contributed by atoms with van der Waals surface area (Å²) >= 11 is 0. The molecule has 2 aromatic carbocycles. The zero-order valence-corrected chi connectivity index (χ0v) is 16.7. The van der Waals surface area contributed by atoms with E-state index in [1.165, 1.54) is 29.1 Å². The summed E-state index contributed by atoms with van der Waals surface area (Å²) in [6.07, 6.45) is 1.41. The Morgan fingerprint density at radius 3 is 2.56 bits per heavy atom. The summed E-state index contributed by atoms with van der Waals surface area (Å²) in [6, 6.07) is 9.01. The lowest BCUT2D eigenvalue weighted by atomic mass is 9.85. The van der Waals surface area contributed by atoms with Gasteiger partial charge in [-0.1, -0.05) is 6.07 Å². The van der Waals surface area contributed by atoms with Crippen molar-refractivity contribution < 1.29 is 18.0 Å². The van der Waals surface area contributed by atoms with Gasteiger partial charge in [0.05, 0.1) is 17.6 Å². The molecule has 0 saturated carbocycles. The lowest BCUT2D eigenvalue weighted by molar-refractivity contribution is -0.116.